The second kappa shape index (κ2) is 6.15. The van der Waals surface area contributed by atoms with Crippen molar-refractivity contribution in [3.8, 4) is 0 Å². The fraction of sp³-hybridized carbons (Fsp3) is 0.400. The summed E-state index contributed by atoms with van der Waals surface area (Å²) >= 11 is 0. The third-order valence-corrected chi connectivity index (χ3v) is 3.92. The number of aromatic nitrogens is 3. The highest BCUT2D eigenvalue weighted by Gasteiger charge is 2.30. The van der Waals surface area contributed by atoms with Gasteiger partial charge in [-0.3, -0.25) is 9.59 Å². The van der Waals surface area contributed by atoms with Crippen LogP contribution < -0.4 is 10.9 Å². The normalized spacial score (nSPS) is 18.4. The summed E-state index contributed by atoms with van der Waals surface area (Å²) in [6, 6.07) is 4.77. The van der Waals surface area contributed by atoms with E-state index in [4.69, 9.17) is 0 Å². The average Bonchev–Trinajstić information content (AvgIpc) is 2.95. The van der Waals surface area contributed by atoms with Crippen LogP contribution in [0.1, 0.15) is 11.9 Å². The number of rotatable bonds is 3. The Morgan fingerprint density at radius 1 is 1.41 bits per heavy atom. The first-order valence-electron chi connectivity index (χ1n) is 7.29. The molecule has 1 aliphatic heterocycles. The lowest BCUT2D eigenvalue weighted by molar-refractivity contribution is -0.135. The number of aryl methyl sites for hydroxylation is 1. The Labute approximate surface area is 128 Å². The third kappa shape index (κ3) is 2.80. The highest BCUT2D eigenvalue weighted by molar-refractivity contribution is 5.76. The van der Waals surface area contributed by atoms with Gasteiger partial charge in [0.25, 0.3) is 5.56 Å². The highest BCUT2D eigenvalue weighted by Crippen LogP contribution is 2.20. The molecule has 0 saturated carbocycles. The summed E-state index contributed by atoms with van der Waals surface area (Å²) in [5.74, 6) is 0.781. The van der Waals surface area contributed by atoms with Gasteiger partial charge in [-0.15, -0.1) is 0 Å². The first-order chi connectivity index (χ1) is 10.7. The van der Waals surface area contributed by atoms with Gasteiger partial charge in [-0.2, -0.15) is 0 Å². The van der Waals surface area contributed by atoms with E-state index in [1.54, 1.807) is 29.4 Å². The van der Waals surface area contributed by atoms with Crippen LogP contribution in [0.2, 0.25) is 0 Å². The van der Waals surface area contributed by atoms with Crippen molar-refractivity contribution in [3.63, 3.8) is 0 Å². The minimum atomic E-state index is -0.167. The van der Waals surface area contributed by atoms with Crippen molar-refractivity contribution < 1.29 is 4.79 Å². The molecule has 2 aromatic heterocycles. The number of nitrogens with zero attached hydrogens (tertiary/aromatic N) is 4. The van der Waals surface area contributed by atoms with Crippen molar-refractivity contribution in [2.45, 2.75) is 12.6 Å². The fourth-order valence-corrected chi connectivity index (χ4v) is 2.76. The standard InChI is InChI=1S/C15H19N5O2/c1-18-8-6-17-15(18)12-10-16-5-9-20(12)14(22)11-19-7-3-2-4-13(19)21/h2-4,6-8,12,16H,5,9-11H2,1H3. The van der Waals surface area contributed by atoms with E-state index < -0.39 is 0 Å². The molecule has 2 aromatic rings. The molecule has 116 valence electrons. The van der Waals surface area contributed by atoms with Crippen molar-refractivity contribution >= 4 is 5.91 Å². The van der Waals surface area contributed by atoms with Crippen molar-refractivity contribution in [1.29, 1.82) is 0 Å². The van der Waals surface area contributed by atoms with Crippen molar-refractivity contribution in [2.75, 3.05) is 19.6 Å². The first-order valence-corrected chi connectivity index (χ1v) is 7.29. The van der Waals surface area contributed by atoms with Crippen LogP contribution in [0.25, 0.3) is 0 Å². The number of piperazine rings is 1. The molecule has 3 rings (SSSR count). The van der Waals surface area contributed by atoms with Gasteiger partial charge in [0, 0.05) is 51.3 Å². The summed E-state index contributed by atoms with van der Waals surface area (Å²) in [5, 5.41) is 3.29. The molecule has 22 heavy (non-hydrogen) atoms. The Morgan fingerprint density at radius 2 is 2.27 bits per heavy atom. The number of nitrogens with one attached hydrogen (secondary N) is 1. The number of imidazole rings is 1. The molecule has 7 heteroatoms. The topological polar surface area (TPSA) is 72.2 Å². The van der Waals surface area contributed by atoms with Gasteiger partial charge in [0.15, 0.2) is 0 Å². The Hall–Kier alpha value is -2.41. The molecule has 1 saturated heterocycles. The molecule has 3 heterocycles. The third-order valence-electron chi connectivity index (χ3n) is 3.92. The van der Waals surface area contributed by atoms with Crippen LogP contribution in [0.5, 0.6) is 0 Å². The molecule has 1 unspecified atom stereocenters. The first kappa shape index (κ1) is 14.5. The quantitative estimate of drug-likeness (QED) is 0.849. The molecule has 1 fully saturated rings. The summed E-state index contributed by atoms with van der Waals surface area (Å²) in [6.07, 6.45) is 5.24. The maximum atomic E-state index is 12.6. The predicted octanol–water partition coefficient (Wildman–Crippen LogP) is -0.245. The molecular weight excluding hydrogens is 282 g/mol. The van der Waals surface area contributed by atoms with Gasteiger partial charge in [-0.25, -0.2) is 4.98 Å². The molecular formula is C15H19N5O2. The molecule has 0 bridgehead atoms. The van der Waals surface area contributed by atoms with Crippen LogP contribution in [-0.2, 0) is 18.4 Å². The monoisotopic (exact) mass is 301 g/mol. The maximum Gasteiger partial charge on any atom is 0.250 e. The molecule has 0 radical (unpaired) electrons. The molecule has 1 aliphatic rings. The molecule has 0 aliphatic carbocycles. The molecule has 0 spiro atoms. The average molecular weight is 301 g/mol. The Kier molecular flexibility index (Phi) is 4.06. The van der Waals surface area contributed by atoms with Gasteiger partial charge in [-0.05, 0) is 6.07 Å². The molecule has 7 nitrogen and oxygen atoms in total. The summed E-state index contributed by atoms with van der Waals surface area (Å²) in [6.45, 7) is 2.08. The predicted molar refractivity (Wildman–Crippen MR) is 81.2 cm³/mol. The van der Waals surface area contributed by atoms with Gasteiger partial charge in [-0.1, -0.05) is 6.07 Å². The Morgan fingerprint density at radius 3 is 3.00 bits per heavy atom. The van der Waals surface area contributed by atoms with Gasteiger partial charge >= 0.3 is 0 Å². The maximum absolute atomic E-state index is 12.6. The van der Waals surface area contributed by atoms with E-state index in [1.165, 1.54) is 10.6 Å². The van der Waals surface area contributed by atoms with E-state index in [0.717, 1.165) is 12.4 Å². The SMILES string of the molecule is Cn1ccnc1C1CNCCN1C(=O)Cn1ccccc1=O. The number of amides is 1. The Balaban J connectivity index is 1.82. The second-order valence-electron chi connectivity index (χ2n) is 5.37. The summed E-state index contributed by atoms with van der Waals surface area (Å²) in [4.78, 5) is 30.6. The number of carbonyl (C=O) groups is 1. The van der Waals surface area contributed by atoms with Crippen LogP contribution >= 0.6 is 0 Å². The van der Waals surface area contributed by atoms with Crippen LogP contribution in [0, 0.1) is 0 Å². The zero-order valence-corrected chi connectivity index (χ0v) is 12.5. The van der Waals surface area contributed by atoms with Crippen LogP contribution in [-0.4, -0.2) is 44.6 Å². The largest absolute Gasteiger partial charge is 0.336 e. The highest BCUT2D eigenvalue weighted by atomic mass is 16.2. The van der Waals surface area contributed by atoms with E-state index in [0.29, 0.717) is 13.1 Å². The van der Waals surface area contributed by atoms with Crippen LogP contribution in [0.3, 0.4) is 0 Å². The number of hydrogen-bond donors (Lipinski definition) is 1. The van der Waals surface area contributed by atoms with Crippen LogP contribution in [0.4, 0.5) is 0 Å². The summed E-state index contributed by atoms with van der Waals surface area (Å²) < 4.78 is 3.35. The minimum absolute atomic E-state index is 0.0561. The van der Waals surface area contributed by atoms with E-state index in [9.17, 15) is 9.59 Å². The molecule has 1 N–H and O–H groups in total. The van der Waals surface area contributed by atoms with E-state index >= 15 is 0 Å². The zero-order chi connectivity index (χ0) is 15.5. The van der Waals surface area contributed by atoms with Gasteiger partial charge in [0.1, 0.15) is 18.4 Å². The van der Waals surface area contributed by atoms with E-state index in [-0.39, 0.29) is 24.1 Å². The number of carbonyl (C=O) groups excluding carboxylic acids is 1. The van der Waals surface area contributed by atoms with Gasteiger partial charge in [0.2, 0.25) is 5.91 Å². The Bertz CT molecular complexity index is 720. The summed E-state index contributed by atoms with van der Waals surface area (Å²) in [5.41, 5.74) is -0.167. The number of pyridine rings is 1. The minimum Gasteiger partial charge on any atom is -0.336 e. The lowest BCUT2D eigenvalue weighted by atomic mass is 10.1. The number of hydrogen-bond acceptors (Lipinski definition) is 4. The van der Waals surface area contributed by atoms with Crippen molar-refractivity contribution in [3.05, 3.63) is 53.0 Å². The van der Waals surface area contributed by atoms with Crippen LogP contribution in [0.15, 0.2) is 41.6 Å². The smallest absolute Gasteiger partial charge is 0.250 e. The fourth-order valence-electron chi connectivity index (χ4n) is 2.76. The van der Waals surface area contributed by atoms with Crippen molar-refractivity contribution in [2.24, 2.45) is 7.05 Å². The van der Waals surface area contributed by atoms with E-state index in [1.807, 2.05) is 17.8 Å². The lowest BCUT2D eigenvalue weighted by Crippen LogP contribution is -2.50. The van der Waals surface area contributed by atoms with E-state index in [2.05, 4.69) is 10.3 Å². The lowest BCUT2D eigenvalue weighted by Gasteiger charge is -2.35. The molecule has 0 aromatic carbocycles. The molecule has 1 amide bonds. The second-order valence-corrected chi connectivity index (χ2v) is 5.37. The molecule has 1 atom stereocenters. The summed E-state index contributed by atoms with van der Waals surface area (Å²) in [7, 11) is 1.92. The van der Waals surface area contributed by atoms with Gasteiger partial charge < -0.3 is 19.4 Å². The van der Waals surface area contributed by atoms with Crippen molar-refractivity contribution in [1.82, 2.24) is 24.3 Å². The zero-order valence-electron chi connectivity index (χ0n) is 12.5. The van der Waals surface area contributed by atoms with Gasteiger partial charge in [0.05, 0.1) is 0 Å².